The van der Waals surface area contributed by atoms with Crippen LogP contribution in [0.1, 0.15) is 47.0 Å². The molecular formula is C17H27FN4O. The van der Waals surface area contributed by atoms with Crippen LogP contribution in [0.25, 0.3) is 0 Å². The summed E-state index contributed by atoms with van der Waals surface area (Å²) < 4.78 is 13.7. The minimum absolute atomic E-state index is 0.0271. The Bertz CT molecular complexity index is 586. The Morgan fingerprint density at radius 1 is 1.30 bits per heavy atom. The van der Waals surface area contributed by atoms with Crippen molar-refractivity contribution in [1.82, 2.24) is 5.06 Å². The van der Waals surface area contributed by atoms with E-state index in [0.717, 1.165) is 12.8 Å². The van der Waals surface area contributed by atoms with Crippen LogP contribution in [0.15, 0.2) is 29.3 Å². The normalized spacial score (nSPS) is 25.0. The fourth-order valence-electron chi connectivity index (χ4n) is 3.25. The molecule has 0 amide bonds. The van der Waals surface area contributed by atoms with Crippen LogP contribution in [0, 0.1) is 5.82 Å². The number of para-hydroxylation sites is 1. The number of nitrogens with zero attached hydrogens (tertiary/aromatic N) is 2. The monoisotopic (exact) mass is 322 g/mol. The number of anilines is 1. The van der Waals surface area contributed by atoms with E-state index < -0.39 is 5.54 Å². The van der Waals surface area contributed by atoms with Crippen molar-refractivity contribution >= 4 is 11.6 Å². The Morgan fingerprint density at radius 3 is 2.61 bits per heavy atom. The van der Waals surface area contributed by atoms with Gasteiger partial charge in [0.05, 0.1) is 11.7 Å². The molecule has 1 saturated heterocycles. The average Bonchev–Trinajstić information content (AvgIpc) is 2.52. The summed E-state index contributed by atoms with van der Waals surface area (Å²) in [6.45, 7) is 8.01. The van der Waals surface area contributed by atoms with Gasteiger partial charge in [-0.1, -0.05) is 12.1 Å². The van der Waals surface area contributed by atoms with E-state index in [9.17, 15) is 9.60 Å². The molecule has 1 unspecified atom stereocenters. The number of rotatable bonds is 2. The SMILES string of the molecule is CC1(C)CCC(N=C(N)Nc2ccccc2F)CC(C)(C)N1O. The van der Waals surface area contributed by atoms with Crippen LogP contribution in [-0.4, -0.2) is 33.3 Å². The van der Waals surface area contributed by atoms with E-state index in [4.69, 9.17) is 5.73 Å². The number of halogens is 1. The Balaban J connectivity index is 2.14. The summed E-state index contributed by atoms with van der Waals surface area (Å²) in [5, 5.41) is 14.7. The van der Waals surface area contributed by atoms with Crippen LogP contribution in [0.3, 0.4) is 0 Å². The lowest BCUT2D eigenvalue weighted by Crippen LogP contribution is -2.52. The van der Waals surface area contributed by atoms with Crippen LogP contribution < -0.4 is 11.1 Å². The van der Waals surface area contributed by atoms with E-state index in [1.54, 1.807) is 18.2 Å². The van der Waals surface area contributed by atoms with Gasteiger partial charge in [0.15, 0.2) is 5.96 Å². The summed E-state index contributed by atoms with van der Waals surface area (Å²) in [5.41, 5.74) is 5.53. The van der Waals surface area contributed by atoms with Gasteiger partial charge in [-0.2, -0.15) is 5.06 Å². The van der Waals surface area contributed by atoms with Gasteiger partial charge >= 0.3 is 0 Å². The van der Waals surface area contributed by atoms with Gasteiger partial charge in [0.2, 0.25) is 0 Å². The number of hydroxylamine groups is 2. The van der Waals surface area contributed by atoms with Crippen molar-refractivity contribution in [2.45, 2.75) is 64.1 Å². The summed E-state index contributed by atoms with van der Waals surface area (Å²) in [7, 11) is 0. The molecule has 1 aromatic rings. The van der Waals surface area contributed by atoms with Crippen molar-refractivity contribution in [3.8, 4) is 0 Å². The first-order valence-electron chi connectivity index (χ1n) is 7.96. The maximum Gasteiger partial charge on any atom is 0.193 e. The van der Waals surface area contributed by atoms with E-state index in [0.29, 0.717) is 12.1 Å². The number of aliphatic imine (C=N–C) groups is 1. The molecule has 23 heavy (non-hydrogen) atoms. The van der Waals surface area contributed by atoms with Gasteiger partial charge in [-0.05, 0) is 59.1 Å². The van der Waals surface area contributed by atoms with Crippen LogP contribution in [0.2, 0.25) is 0 Å². The molecule has 1 fully saturated rings. The summed E-state index contributed by atoms with van der Waals surface area (Å²) >= 11 is 0. The van der Waals surface area contributed by atoms with Crippen molar-refractivity contribution in [3.63, 3.8) is 0 Å². The first kappa shape index (κ1) is 17.7. The van der Waals surface area contributed by atoms with Gasteiger partial charge in [-0.15, -0.1) is 0 Å². The topological polar surface area (TPSA) is 73.9 Å². The summed E-state index contributed by atoms with van der Waals surface area (Å²) in [6, 6.07) is 6.32. The molecule has 1 aliphatic heterocycles. The highest BCUT2D eigenvalue weighted by atomic mass is 19.1. The smallest absolute Gasteiger partial charge is 0.193 e. The fraction of sp³-hybridized carbons (Fsp3) is 0.588. The molecule has 1 atom stereocenters. The molecular weight excluding hydrogens is 295 g/mol. The highest BCUT2D eigenvalue weighted by molar-refractivity contribution is 5.92. The minimum atomic E-state index is -0.410. The second-order valence-corrected chi connectivity index (χ2v) is 7.45. The maximum absolute atomic E-state index is 13.7. The van der Waals surface area contributed by atoms with E-state index >= 15 is 0 Å². The molecule has 0 saturated carbocycles. The standard InChI is InChI=1S/C17H27FN4O/c1-16(2)10-9-12(11-17(3,4)22(16)23)20-15(19)21-14-8-6-5-7-13(14)18/h5-8,12,23H,9-11H2,1-4H3,(H3,19,20,21). The van der Waals surface area contributed by atoms with Crippen LogP contribution in [-0.2, 0) is 0 Å². The zero-order valence-corrected chi connectivity index (χ0v) is 14.3. The Morgan fingerprint density at radius 2 is 1.96 bits per heavy atom. The van der Waals surface area contributed by atoms with Crippen LogP contribution >= 0.6 is 0 Å². The molecule has 0 bridgehead atoms. The molecule has 0 aliphatic carbocycles. The lowest BCUT2D eigenvalue weighted by atomic mass is 9.94. The molecule has 0 aromatic heterocycles. The molecule has 1 heterocycles. The quantitative estimate of drug-likeness (QED) is 0.576. The van der Waals surface area contributed by atoms with E-state index in [1.807, 2.05) is 27.7 Å². The lowest BCUT2D eigenvalue weighted by Gasteiger charge is -2.42. The summed E-state index contributed by atoms with van der Waals surface area (Å²) in [4.78, 5) is 4.51. The molecule has 128 valence electrons. The number of benzene rings is 1. The third kappa shape index (κ3) is 4.20. The number of hydrogen-bond acceptors (Lipinski definition) is 3. The average molecular weight is 322 g/mol. The fourth-order valence-corrected chi connectivity index (χ4v) is 3.25. The van der Waals surface area contributed by atoms with Crippen molar-refractivity contribution < 1.29 is 9.60 Å². The van der Waals surface area contributed by atoms with Crippen molar-refractivity contribution in [1.29, 1.82) is 0 Å². The van der Waals surface area contributed by atoms with Crippen LogP contribution in [0.5, 0.6) is 0 Å². The zero-order valence-electron chi connectivity index (χ0n) is 14.3. The maximum atomic E-state index is 13.7. The van der Waals surface area contributed by atoms with E-state index in [2.05, 4.69) is 10.3 Å². The molecule has 2 rings (SSSR count). The Hall–Kier alpha value is -1.66. The van der Waals surface area contributed by atoms with Gasteiger partial charge in [0, 0.05) is 11.1 Å². The summed E-state index contributed by atoms with van der Waals surface area (Å²) in [5.74, 6) is -0.172. The molecule has 0 radical (unpaired) electrons. The number of nitrogens with two attached hydrogens (primary N) is 1. The number of nitrogens with one attached hydrogen (secondary N) is 1. The van der Waals surface area contributed by atoms with E-state index in [-0.39, 0.29) is 23.4 Å². The molecule has 0 spiro atoms. The predicted octanol–water partition coefficient (Wildman–Crippen LogP) is 3.35. The molecule has 4 N–H and O–H groups in total. The molecule has 6 heteroatoms. The van der Waals surface area contributed by atoms with Gasteiger partial charge < -0.3 is 16.3 Å². The number of hydrogen-bond donors (Lipinski definition) is 3. The van der Waals surface area contributed by atoms with Gasteiger partial charge in [-0.3, -0.25) is 0 Å². The van der Waals surface area contributed by atoms with Crippen LogP contribution in [0.4, 0.5) is 10.1 Å². The minimum Gasteiger partial charge on any atom is -0.370 e. The molecule has 1 aliphatic rings. The second kappa shape index (κ2) is 6.45. The predicted molar refractivity (Wildman–Crippen MR) is 91.1 cm³/mol. The van der Waals surface area contributed by atoms with Crippen molar-refractivity contribution in [3.05, 3.63) is 30.1 Å². The Kier molecular flexibility index (Phi) is 4.96. The molecule has 5 nitrogen and oxygen atoms in total. The largest absolute Gasteiger partial charge is 0.370 e. The first-order valence-corrected chi connectivity index (χ1v) is 7.96. The highest BCUT2D eigenvalue weighted by Crippen LogP contribution is 2.36. The molecule has 1 aromatic carbocycles. The third-order valence-corrected chi connectivity index (χ3v) is 4.43. The Labute approximate surface area is 137 Å². The lowest BCUT2D eigenvalue weighted by molar-refractivity contribution is -0.221. The van der Waals surface area contributed by atoms with Crippen molar-refractivity contribution in [2.24, 2.45) is 10.7 Å². The number of guanidine groups is 1. The zero-order chi connectivity index (χ0) is 17.3. The van der Waals surface area contributed by atoms with E-state index in [1.165, 1.54) is 11.1 Å². The summed E-state index contributed by atoms with van der Waals surface area (Å²) in [6.07, 6.45) is 2.29. The third-order valence-electron chi connectivity index (χ3n) is 4.43. The van der Waals surface area contributed by atoms with Gasteiger partial charge in [0.1, 0.15) is 5.82 Å². The second-order valence-electron chi connectivity index (χ2n) is 7.45. The highest BCUT2D eigenvalue weighted by Gasteiger charge is 2.41. The van der Waals surface area contributed by atoms with Gasteiger partial charge in [-0.25, -0.2) is 9.38 Å². The van der Waals surface area contributed by atoms with Gasteiger partial charge in [0.25, 0.3) is 0 Å². The van der Waals surface area contributed by atoms with Crippen molar-refractivity contribution in [2.75, 3.05) is 5.32 Å². The first-order chi connectivity index (χ1) is 10.6.